The van der Waals surface area contributed by atoms with Gasteiger partial charge in [-0.3, -0.25) is 18.7 Å². The summed E-state index contributed by atoms with van der Waals surface area (Å²) >= 11 is 1.52. The highest BCUT2D eigenvalue weighted by Crippen LogP contribution is 2.38. The van der Waals surface area contributed by atoms with E-state index in [1.165, 1.54) is 42.4 Å². The van der Waals surface area contributed by atoms with E-state index in [1.807, 2.05) is 16.8 Å². The number of aliphatic hydroxyl groups excluding tert-OH is 1. The van der Waals surface area contributed by atoms with Crippen molar-refractivity contribution in [3.05, 3.63) is 29.5 Å². The number of thiophene rings is 1. The average molecular weight is 601 g/mol. The molecule has 0 fully saturated rings. The molecule has 15 heteroatoms. The third-order valence-corrected chi connectivity index (χ3v) is 6.18. The molecule has 40 heavy (non-hydrogen) atoms. The van der Waals surface area contributed by atoms with E-state index in [1.54, 1.807) is 41.5 Å². The van der Waals surface area contributed by atoms with Crippen molar-refractivity contribution in [1.82, 2.24) is 19.5 Å². The second kappa shape index (κ2) is 12.8. The van der Waals surface area contributed by atoms with Gasteiger partial charge in [0.15, 0.2) is 17.7 Å². The molecule has 3 rings (SSSR count). The maximum Gasteiger partial charge on any atom is 0.351 e. The van der Waals surface area contributed by atoms with Gasteiger partial charge in [-0.15, -0.1) is 0 Å². The molecule has 0 radical (unpaired) electrons. The zero-order valence-electron chi connectivity index (χ0n) is 23.8. The summed E-state index contributed by atoms with van der Waals surface area (Å²) in [6, 6.07) is 1.91. The number of carbonyl (C=O) groups is 2. The van der Waals surface area contributed by atoms with E-state index in [-0.39, 0.29) is 6.42 Å². The first-order valence-electron chi connectivity index (χ1n) is 12.2. The number of aromatic nitrogens is 4. The van der Waals surface area contributed by atoms with Crippen LogP contribution in [0.1, 0.15) is 61.8 Å². The molecule has 0 saturated carbocycles. The fourth-order valence-electron chi connectivity index (χ4n) is 3.25. The number of rotatable bonds is 8. The molecule has 0 aliphatic rings. The number of aliphatic hydroxyl groups is 1. The molecule has 0 aromatic carbocycles. The minimum atomic E-state index is -4.41. The lowest BCUT2D eigenvalue weighted by Gasteiger charge is -2.34. The summed E-state index contributed by atoms with van der Waals surface area (Å²) in [5, 5.41) is 14.0. The number of hydrogen-bond donors (Lipinski definition) is 3. The fourth-order valence-corrected chi connectivity index (χ4v) is 4.32. The van der Waals surface area contributed by atoms with Gasteiger partial charge in [-0.2, -0.15) is 11.3 Å². The number of hydrogen-bond acceptors (Lipinski definition) is 11. The Balaban J connectivity index is 0.000000323. The summed E-state index contributed by atoms with van der Waals surface area (Å²) < 4.78 is 28.0. The van der Waals surface area contributed by atoms with Crippen LogP contribution in [0.3, 0.4) is 0 Å². The highest BCUT2D eigenvalue weighted by molar-refractivity contribution is 7.51. The van der Waals surface area contributed by atoms with E-state index in [2.05, 4.69) is 15.0 Å². The molecular weight excluding hydrogens is 563 g/mol. The van der Waals surface area contributed by atoms with Gasteiger partial charge in [0.1, 0.15) is 35.2 Å². The number of imidazole rings is 1. The Hall–Kier alpha value is -2.74. The van der Waals surface area contributed by atoms with Crippen molar-refractivity contribution >= 4 is 42.0 Å². The van der Waals surface area contributed by atoms with Gasteiger partial charge >= 0.3 is 19.5 Å². The molecule has 3 aromatic heterocycles. The Labute approximate surface area is 236 Å². The maximum absolute atomic E-state index is 11.2. The Morgan fingerprint density at radius 2 is 1.60 bits per heavy atom. The zero-order valence-corrected chi connectivity index (χ0v) is 25.5. The second-order valence-corrected chi connectivity index (χ2v) is 13.4. The maximum atomic E-state index is 11.2. The Morgan fingerprint density at radius 3 is 2.05 bits per heavy atom. The first kappa shape index (κ1) is 33.5. The number of fused-ring (bicyclic) bond motifs is 1. The van der Waals surface area contributed by atoms with E-state index in [9.17, 15) is 19.3 Å². The highest BCUT2D eigenvalue weighted by atomic mass is 32.1. The van der Waals surface area contributed by atoms with E-state index in [4.69, 9.17) is 24.0 Å². The summed E-state index contributed by atoms with van der Waals surface area (Å²) in [7, 11) is -4.41. The summed E-state index contributed by atoms with van der Waals surface area (Å²) in [6.07, 6.45) is 0.530. The predicted molar refractivity (Wildman–Crippen MR) is 148 cm³/mol. The van der Waals surface area contributed by atoms with Crippen LogP contribution in [-0.4, -0.2) is 70.0 Å². The van der Waals surface area contributed by atoms with E-state index < -0.39 is 48.9 Å². The van der Waals surface area contributed by atoms with Gasteiger partial charge in [0.05, 0.1) is 12.4 Å². The van der Waals surface area contributed by atoms with Crippen LogP contribution in [0.5, 0.6) is 0 Å². The molecule has 3 aromatic rings. The van der Waals surface area contributed by atoms with Gasteiger partial charge < -0.3 is 29.1 Å². The van der Waals surface area contributed by atoms with Gasteiger partial charge in [0, 0.05) is 10.9 Å². The Bertz CT molecular complexity index is 1310. The summed E-state index contributed by atoms with van der Waals surface area (Å²) in [4.78, 5) is 53.5. The first-order chi connectivity index (χ1) is 18.2. The molecule has 0 bridgehead atoms. The van der Waals surface area contributed by atoms with Crippen molar-refractivity contribution in [3.63, 3.8) is 0 Å². The third-order valence-electron chi connectivity index (χ3n) is 5.04. The van der Waals surface area contributed by atoms with E-state index >= 15 is 0 Å². The van der Waals surface area contributed by atoms with Crippen LogP contribution in [0.2, 0.25) is 0 Å². The van der Waals surface area contributed by atoms with E-state index in [0.717, 1.165) is 5.56 Å². The van der Waals surface area contributed by atoms with Crippen molar-refractivity contribution in [2.75, 3.05) is 6.35 Å². The number of nitrogens with zero attached hydrogens (tertiary/aromatic N) is 4. The number of esters is 2. The minimum Gasteiger partial charge on any atom is -0.460 e. The lowest BCUT2D eigenvalue weighted by Crippen LogP contribution is -2.43. The van der Waals surface area contributed by atoms with Crippen LogP contribution in [0.15, 0.2) is 29.5 Å². The molecule has 222 valence electrons. The topological polar surface area (TPSA) is 183 Å². The van der Waals surface area contributed by atoms with Crippen LogP contribution < -0.4 is 0 Å². The molecular formula is C25H37N4O9PS. The normalized spacial score (nSPS) is 14.6. The van der Waals surface area contributed by atoms with Crippen molar-refractivity contribution in [2.45, 2.75) is 84.8 Å². The number of ether oxygens (including phenoxy) is 3. The predicted octanol–water partition coefficient (Wildman–Crippen LogP) is 3.82. The molecule has 0 spiro atoms. The van der Waals surface area contributed by atoms with Crippen LogP contribution in [0, 0.1) is 0 Å². The molecule has 0 aliphatic carbocycles. The lowest BCUT2D eigenvalue weighted by molar-refractivity contribution is -0.166. The molecule has 0 saturated heterocycles. The zero-order chi connectivity index (χ0) is 30.5. The largest absolute Gasteiger partial charge is 0.460 e. The van der Waals surface area contributed by atoms with Crippen LogP contribution >= 0.6 is 18.9 Å². The van der Waals surface area contributed by atoms with Crippen molar-refractivity contribution in [1.29, 1.82) is 0 Å². The highest BCUT2D eigenvalue weighted by Gasteiger charge is 2.37. The number of carbonyl (C=O) groups excluding carboxylic acids is 2. The van der Waals surface area contributed by atoms with Crippen molar-refractivity contribution in [3.8, 4) is 11.3 Å². The molecule has 0 amide bonds. The van der Waals surface area contributed by atoms with Gasteiger partial charge in [-0.25, -0.2) is 15.0 Å². The van der Waals surface area contributed by atoms with Crippen LogP contribution in [-0.2, 0) is 34.1 Å². The summed E-state index contributed by atoms with van der Waals surface area (Å²) in [5.41, 5.74) is -0.183. The summed E-state index contributed by atoms with van der Waals surface area (Å²) in [6.45, 7) is 13.5. The molecule has 0 aliphatic heterocycles. The fraction of sp³-hybridized carbons (Fsp3) is 0.560. The lowest BCUT2D eigenvalue weighted by atomic mass is 10.1. The standard InChI is InChI=1S/C14H17N4O5PS.C11H20O4/c1-9(19)14(2,23-8-24(20,21)22)18-7-17-12-11(10-3-4-25-5-10)15-6-16-13(12)18;1-10(2,3)14-8(12)7-9(13)15-11(4,5)6/h3-7,9,19H,8H2,1-2H3,(H2,20,21,22);7H2,1-6H3. The third kappa shape index (κ3) is 10.0. The van der Waals surface area contributed by atoms with E-state index in [0.29, 0.717) is 16.9 Å². The van der Waals surface area contributed by atoms with Gasteiger partial charge in [0.2, 0.25) is 0 Å². The molecule has 3 heterocycles. The Morgan fingerprint density at radius 1 is 1.02 bits per heavy atom. The van der Waals surface area contributed by atoms with Gasteiger partial charge in [-0.1, -0.05) is 0 Å². The average Bonchev–Trinajstić information content (AvgIpc) is 3.44. The minimum absolute atomic E-state index is 0.339. The first-order valence-corrected chi connectivity index (χ1v) is 15.0. The van der Waals surface area contributed by atoms with Crippen molar-refractivity contribution < 1.29 is 43.3 Å². The molecule has 2 unspecified atom stereocenters. The summed E-state index contributed by atoms with van der Waals surface area (Å²) in [5.74, 6) is -1.12. The molecule has 2 atom stereocenters. The van der Waals surface area contributed by atoms with Gasteiger partial charge in [-0.05, 0) is 66.8 Å². The molecule has 3 N–H and O–H groups in total. The Kier molecular flexibility index (Phi) is 10.7. The van der Waals surface area contributed by atoms with Crippen LogP contribution in [0.25, 0.3) is 22.4 Å². The smallest absolute Gasteiger partial charge is 0.351 e. The SMILES string of the molecule is CC(C)(C)OC(=O)CC(=O)OC(C)(C)C.CC(O)C(C)(OCP(=O)(O)O)n1cnc2c(-c3ccsc3)ncnc21. The van der Waals surface area contributed by atoms with Crippen molar-refractivity contribution in [2.24, 2.45) is 0 Å². The monoisotopic (exact) mass is 600 g/mol. The molecule has 13 nitrogen and oxygen atoms in total. The second-order valence-electron chi connectivity index (χ2n) is 11.0. The quantitative estimate of drug-likeness (QED) is 0.193. The van der Waals surface area contributed by atoms with Crippen LogP contribution in [0.4, 0.5) is 0 Å². The van der Waals surface area contributed by atoms with Gasteiger partial charge in [0.25, 0.3) is 0 Å².